The molecule has 3 heteroatoms. The van der Waals surface area contributed by atoms with Crippen LogP contribution in [0.5, 0.6) is 0 Å². The summed E-state index contributed by atoms with van der Waals surface area (Å²) in [6.07, 6.45) is 5.94. The van der Waals surface area contributed by atoms with Crippen LogP contribution in [0.3, 0.4) is 0 Å². The molecule has 3 nitrogen and oxygen atoms in total. The molecule has 3 unspecified atom stereocenters. The third-order valence-electron chi connectivity index (χ3n) is 5.34. The lowest BCUT2D eigenvalue weighted by Gasteiger charge is -2.53. The van der Waals surface area contributed by atoms with Gasteiger partial charge < -0.3 is 9.84 Å². The van der Waals surface area contributed by atoms with Gasteiger partial charge in [0, 0.05) is 20.0 Å². The number of hydrogen-bond donors (Lipinski definition) is 1. The smallest absolute Gasteiger partial charge is 0.0892 e. The first-order chi connectivity index (χ1) is 7.63. The van der Waals surface area contributed by atoms with Gasteiger partial charge in [-0.1, -0.05) is 6.42 Å². The Labute approximate surface area is 96.4 Å². The van der Waals surface area contributed by atoms with Crippen LogP contribution in [0.4, 0.5) is 0 Å². The minimum Gasteiger partial charge on any atom is -0.388 e. The summed E-state index contributed by atoms with van der Waals surface area (Å²) in [5, 5.41) is 20.2. The Bertz CT molecular complexity index is 342. The molecule has 16 heavy (non-hydrogen) atoms. The number of nitriles is 1. The van der Waals surface area contributed by atoms with Crippen molar-refractivity contribution >= 4 is 0 Å². The van der Waals surface area contributed by atoms with E-state index in [0.717, 1.165) is 19.3 Å². The topological polar surface area (TPSA) is 53.2 Å². The van der Waals surface area contributed by atoms with E-state index in [4.69, 9.17) is 4.74 Å². The van der Waals surface area contributed by atoms with E-state index in [-0.39, 0.29) is 6.10 Å². The summed E-state index contributed by atoms with van der Waals surface area (Å²) >= 11 is 0. The van der Waals surface area contributed by atoms with Crippen molar-refractivity contribution in [2.24, 2.45) is 17.3 Å². The lowest BCUT2D eigenvalue weighted by molar-refractivity contribution is -0.193. The van der Waals surface area contributed by atoms with Crippen LogP contribution in [0.25, 0.3) is 0 Å². The van der Waals surface area contributed by atoms with E-state index >= 15 is 0 Å². The summed E-state index contributed by atoms with van der Waals surface area (Å²) in [4.78, 5) is 0. The normalized spacial score (nSPS) is 54.7. The van der Waals surface area contributed by atoms with Crippen LogP contribution in [0.15, 0.2) is 0 Å². The van der Waals surface area contributed by atoms with E-state index in [1.54, 1.807) is 7.11 Å². The molecule has 3 atom stereocenters. The quantitative estimate of drug-likeness (QED) is 0.774. The molecule has 0 aromatic rings. The van der Waals surface area contributed by atoms with Gasteiger partial charge in [-0.15, -0.1) is 0 Å². The van der Waals surface area contributed by atoms with E-state index in [9.17, 15) is 10.4 Å². The average Bonchev–Trinajstić information content (AvgIpc) is 2.84. The van der Waals surface area contributed by atoms with Crippen LogP contribution in [0.1, 0.15) is 38.5 Å². The zero-order valence-electron chi connectivity index (χ0n) is 9.78. The van der Waals surface area contributed by atoms with Gasteiger partial charge in [0.25, 0.3) is 0 Å². The van der Waals surface area contributed by atoms with Crippen molar-refractivity contribution in [3.8, 4) is 6.07 Å². The molecule has 2 bridgehead atoms. The van der Waals surface area contributed by atoms with Crippen molar-refractivity contribution < 1.29 is 9.84 Å². The summed E-state index contributed by atoms with van der Waals surface area (Å²) in [5.41, 5.74) is -1.22. The molecule has 0 amide bonds. The fourth-order valence-electron chi connectivity index (χ4n) is 4.37. The van der Waals surface area contributed by atoms with Crippen molar-refractivity contribution in [2.75, 3.05) is 7.11 Å². The summed E-state index contributed by atoms with van der Waals surface area (Å²) < 4.78 is 5.24. The first-order valence-corrected chi connectivity index (χ1v) is 6.30. The minimum absolute atomic E-state index is 0.161. The van der Waals surface area contributed by atoms with E-state index in [1.807, 2.05) is 0 Å². The van der Waals surface area contributed by atoms with Crippen molar-refractivity contribution in [2.45, 2.75) is 50.2 Å². The minimum atomic E-state index is -0.762. The highest BCUT2D eigenvalue weighted by atomic mass is 16.5. The first-order valence-electron chi connectivity index (χ1n) is 6.30. The summed E-state index contributed by atoms with van der Waals surface area (Å²) in [5.74, 6) is 1.13. The van der Waals surface area contributed by atoms with Crippen LogP contribution in [-0.4, -0.2) is 23.9 Å². The number of nitrogens with zero attached hydrogens (tertiary/aromatic N) is 1. The number of ether oxygens (including phenoxy) is 1. The predicted octanol–water partition coefficient (Wildman–Crippen LogP) is 1.86. The molecule has 1 N–H and O–H groups in total. The molecule has 0 aliphatic heterocycles. The summed E-state index contributed by atoms with van der Waals surface area (Å²) in [6, 6.07) is 2.49. The van der Waals surface area contributed by atoms with Gasteiger partial charge in [-0.3, -0.25) is 0 Å². The van der Waals surface area contributed by atoms with Crippen molar-refractivity contribution in [1.29, 1.82) is 5.26 Å². The summed E-state index contributed by atoms with van der Waals surface area (Å²) in [6.45, 7) is 0. The standard InChI is InChI=1S/C13H19NO2/c1-16-11-6-13(15,7-11)12(8-14)5-9-2-3-10(12)4-9/h9-11,15H,2-7H2,1H3. The third-order valence-corrected chi connectivity index (χ3v) is 5.34. The molecule has 3 saturated carbocycles. The maximum Gasteiger partial charge on any atom is 0.0892 e. The van der Waals surface area contributed by atoms with Crippen LogP contribution in [0.2, 0.25) is 0 Å². The second-order valence-corrected chi connectivity index (χ2v) is 5.96. The fourth-order valence-corrected chi connectivity index (χ4v) is 4.37. The Balaban J connectivity index is 1.85. The highest BCUT2D eigenvalue weighted by molar-refractivity contribution is 5.23. The van der Waals surface area contributed by atoms with Gasteiger partial charge in [0.2, 0.25) is 0 Å². The molecule has 88 valence electrons. The fraction of sp³-hybridized carbons (Fsp3) is 0.923. The maximum atomic E-state index is 10.7. The van der Waals surface area contributed by atoms with Gasteiger partial charge in [0.1, 0.15) is 0 Å². The molecular weight excluding hydrogens is 202 g/mol. The number of hydrogen-bond acceptors (Lipinski definition) is 3. The SMILES string of the molecule is COC1CC(O)(C2(C#N)CC3CCC2C3)C1. The number of fused-ring (bicyclic) bond motifs is 2. The van der Waals surface area contributed by atoms with Gasteiger partial charge in [-0.05, 0) is 31.1 Å². The average molecular weight is 221 g/mol. The molecule has 3 rings (SSSR count). The van der Waals surface area contributed by atoms with E-state index in [1.165, 1.54) is 6.42 Å². The van der Waals surface area contributed by atoms with Crippen molar-refractivity contribution in [3.05, 3.63) is 0 Å². The van der Waals surface area contributed by atoms with Gasteiger partial charge in [0.05, 0.1) is 23.2 Å². The molecule has 3 aliphatic carbocycles. The van der Waals surface area contributed by atoms with Crippen molar-refractivity contribution in [1.82, 2.24) is 0 Å². The Morgan fingerprint density at radius 1 is 1.31 bits per heavy atom. The molecular formula is C13H19NO2. The van der Waals surface area contributed by atoms with E-state index in [2.05, 4.69) is 6.07 Å². The Morgan fingerprint density at radius 3 is 2.50 bits per heavy atom. The highest BCUT2D eigenvalue weighted by Gasteiger charge is 2.66. The Kier molecular flexibility index (Phi) is 2.12. The molecule has 3 aliphatic rings. The third kappa shape index (κ3) is 1.10. The van der Waals surface area contributed by atoms with Gasteiger partial charge in [0.15, 0.2) is 0 Å². The Morgan fingerprint density at radius 2 is 2.06 bits per heavy atom. The molecule has 0 aromatic carbocycles. The zero-order valence-corrected chi connectivity index (χ0v) is 9.78. The number of methoxy groups -OCH3 is 1. The van der Waals surface area contributed by atoms with E-state index in [0.29, 0.717) is 24.7 Å². The first kappa shape index (κ1) is 10.6. The predicted molar refractivity (Wildman–Crippen MR) is 58.5 cm³/mol. The largest absolute Gasteiger partial charge is 0.388 e. The zero-order chi connectivity index (χ0) is 11.4. The van der Waals surface area contributed by atoms with Crippen LogP contribution in [0, 0.1) is 28.6 Å². The van der Waals surface area contributed by atoms with Gasteiger partial charge in [-0.25, -0.2) is 0 Å². The van der Waals surface area contributed by atoms with Crippen LogP contribution < -0.4 is 0 Å². The van der Waals surface area contributed by atoms with Crippen LogP contribution >= 0.6 is 0 Å². The monoisotopic (exact) mass is 221 g/mol. The Hall–Kier alpha value is -0.590. The summed E-state index contributed by atoms with van der Waals surface area (Å²) in [7, 11) is 1.68. The molecule has 0 aromatic heterocycles. The number of rotatable bonds is 2. The molecule has 0 heterocycles. The molecule has 0 spiro atoms. The van der Waals surface area contributed by atoms with Gasteiger partial charge in [-0.2, -0.15) is 5.26 Å². The van der Waals surface area contributed by atoms with Gasteiger partial charge >= 0.3 is 0 Å². The molecule has 0 saturated heterocycles. The van der Waals surface area contributed by atoms with E-state index < -0.39 is 11.0 Å². The lowest BCUT2D eigenvalue weighted by Crippen LogP contribution is -2.60. The lowest BCUT2D eigenvalue weighted by atomic mass is 9.55. The number of aliphatic hydroxyl groups is 1. The van der Waals surface area contributed by atoms with Crippen molar-refractivity contribution in [3.63, 3.8) is 0 Å². The second-order valence-electron chi connectivity index (χ2n) is 5.96. The van der Waals surface area contributed by atoms with Crippen LogP contribution in [-0.2, 0) is 4.74 Å². The maximum absolute atomic E-state index is 10.7. The highest BCUT2D eigenvalue weighted by Crippen LogP contribution is 2.64. The molecule has 3 fully saturated rings. The molecule has 0 radical (unpaired) electrons. The second kappa shape index (κ2) is 3.21.